The molecule has 10 nitrogen and oxygen atoms in total. The van der Waals surface area contributed by atoms with Crippen LogP contribution in [0.1, 0.15) is 35.1 Å². The van der Waals surface area contributed by atoms with E-state index in [1.54, 1.807) is 45.0 Å². The molecule has 1 amide bonds. The molecule has 1 heterocycles. The second kappa shape index (κ2) is 15.6. The number of amides is 1. The number of aryl methyl sites for hydroxylation is 2. The Morgan fingerprint density at radius 3 is 2.13 bits per heavy atom. The molecular formula is C28H41N3O7S. The predicted molar refractivity (Wildman–Crippen MR) is 149 cm³/mol. The lowest BCUT2D eigenvalue weighted by molar-refractivity contribution is -0.135. The van der Waals surface area contributed by atoms with Gasteiger partial charge in [-0.25, -0.2) is 8.42 Å². The summed E-state index contributed by atoms with van der Waals surface area (Å²) in [6, 6.07) is 11.8. The average Bonchev–Trinajstić information content (AvgIpc) is 3.40. The third-order valence-electron chi connectivity index (χ3n) is 6.59. The van der Waals surface area contributed by atoms with Crippen LogP contribution in [0.25, 0.3) is 0 Å². The Bertz CT molecular complexity index is 1160. The summed E-state index contributed by atoms with van der Waals surface area (Å²) in [5.41, 5.74) is 3.60. The Labute approximate surface area is 232 Å². The molecule has 0 atom stereocenters. The molecular weight excluding hydrogens is 522 g/mol. The zero-order valence-electron chi connectivity index (χ0n) is 23.6. The minimum absolute atomic E-state index is 0.0992. The zero-order chi connectivity index (χ0) is 29.0. The Kier molecular flexibility index (Phi) is 12.9. The summed E-state index contributed by atoms with van der Waals surface area (Å²) in [6.45, 7) is 7.23. The van der Waals surface area contributed by atoms with Crippen LogP contribution in [-0.2, 0) is 37.4 Å². The standard InChI is InChI=1S/C27H39N3O5S.CH2O2/c1-21-16-25(34-5)17-22(2)27(21)36(32,33)29(4)14-15-35-20-26(31)28(3)18-23-8-10-24(11-9-23)19-30-12-6-7-13-30;2-1-3/h8-11,16-17H,6-7,12-15,18-20H2,1-5H3;1H,(H,2,3). The maximum absolute atomic E-state index is 13.1. The molecule has 0 bridgehead atoms. The summed E-state index contributed by atoms with van der Waals surface area (Å²) < 4.78 is 38.2. The van der Waals surface area contributed by atoms with Crippen molar-refractivity contribution in [3.63, 3.8) is 0 Å². The van der Waals surface area contributed by atoms with Gasteiger partial charge in [-0.05, 0) is 74.2 Å². The molecule has 11 heteroatoms. The van der Waals surface area contributed by atoms with Gasteiger partial charge in [-0.2, -0.15) is 4.31 Å². The minimum atomic E-state index is -3.70. The highest BCUT2D eigenvalue weighted by molar-refractivity contribution is 7.89. The molecule has 0 aliphatic carbocycles. The van der Waals surface area contributed by atoms with Crippen molar-refractivity contribution in [2.24, 2.45) is 0 Å². The highest BCUT2D eigenvalue weighted by atomic mass is 32.2. The summed E-state index contributed by atoms with van der Waals surface area (Å²) >= 11 is 0. The molecule has 0 saturated carbocycles. The first-order valence-electron chi connectivity index (χ1n) is 12.8. The molecule has 0 unspecified atom stereocenters. The smallest absolute Gasteiger partial charge is 0.290 e. The van der Waals surface area contributed by atoms with Crippen LogP contribution in [0.3, 0.4) is 0 Å². The van der Waals surface area contributed by atoms with Crippen molar-refractivity contribution in [1.82, 2.24) is 14.1 Å². The van der Waals surface area contributed by atoms with Crippen molar-refractivity contribution in [3.8, 4) is 5.75 Å². The van der Waals surface area contributed by atoms with E-state index >= 15 is 0 Å². The summed E-state index contributed by atoms with van der Waals surface area (Å²) in [5.74, 6) is 0.471. The number of benzene rings is 2. The van der Waals surface area contributed by atoms with Gasteiger partial charge in [0.2, 0.25) is 15.9 Å². The second-order valence-electron chi connectivity index (χ2n) is 9.62. The lowest BCUT2D eigenvalue weighted by atomic mass is 10.1. The lowest BCUT2D eigenvalue weighted by Crippen LogP contribution is -2.33. The number of ether oxygens (including phenoxy) is 2. The Balaban J connectivity index is 0.00000170. The van der Waals surface area contributed by atoms with Crippen LogP contribution in [0.4, 0.5) is 0 Å². The van der Waals surface area contributed by atoms with E-state index in [9.17, 15) is 13.2 Å². The normalized spacial score (nSPS) is 13.6. The summed E-state index contributed by atoms with van der Waals surface area (Å²) in [5, 5.41) is 6.89. The second-order valence-corrected chi connectivity index (χ2v) is 11.6. The summed E-state index contributed by atoms with van der Waals surface area (Å²) in [7, 11) is 1.12. The molecule has 1 aliphatic heterocycles. The van der Waals surface area contributed by atoms with Crippen molar-refractivity contribution < 1.29 is 32.6 Å². The minimum Gasteiger partial charge on any atom is -0.497 e. The van der Waals surface area contributed by atoms with Crippen LogP contribution < -0.4 is 4.74 Å². The third kappa shape index (κ3) is 9.61. The SMILES string of the molecule is COc1cc(C)c(S(=O)(=O)N(C)CCOCC(=O)N(C)Cc2ccc(CN3CCCC3)cc2)c(C)c1.O=CO. The lowest BCUT2D eigenvalue weighted by Gasteiger charge is -2.21. The van der Waals surface area contributed by atoms with Gasteiger partial charge in [-0.1, -0.05) is 24.3 Å². The maximum Gasteiger partial charge on any atom is 0.290 e. The summed E-state index contributed by atoms with van der Waals surface area (Å²) in [4.78, 5) is 25.2. The first-order valence-corrected chi connectivity index (χ1v) is 14.3. The molecule has 216 valence electrons. The van der Waals surface area contributed by atoms with Crippen LogP contribution in [0.2, 0.25) is 0 Å². The number of likely N-dealkylation sites (N-methyl/N-ethyl adjacent to an activating group) is 2. The van der Waals surface area contributed by atoms with Gasteiger partial charge in [-0.15, -0.1) is 0 Å². The van der Waals surface area contributed by atoms with E-state index in [0.717, 1.165) is 12.1 Å². The highest BCUT2D eigenvalue weighted by Gasteiger charge is 2.25. The van der Waals surface area contributed by atoms with E-state index in [0.29, 0.717) is 23.4 Å². The monoisotopic (exact) mass is 563 g/mol. The van der Waals surface area contributed by atoms with E-state index in [1.165, 1.54) is 42.8 Å². The van der Waals surface area contributed by atoms with Crippen LogP contribution in [0, 0.1) is 13.8 Å². The third-order valence-corrected chi connectivity index (χ3v) is 8.75. The number of rotatable bonds is 12. The molecule has 3 rings (SSSR count). The highest BCUT2D eigenvalue weighted by Crippen LogP contribution is 2.27. The average molecular weight is 564 g/mol. The number of hydrogen-bond acceptors (Lipinski definition) is 7. The number of methoxy groups -OCH3 is 1. The fraction of sp³-hybridized carbons (Fsp3) is 0.500. The maximum atomic E-state index is 13.1. The number of carbonyl (C=O) groups excluding carboxylic acids is 1. The van der Waals surface area contributed by atoms with E-state index in [2.05, 4.69) is 29.2 Å². The number of nitrogens with zero attached hydrogens (tertiary/aromatic N) is 3. The van der Waals surface area contributed by atoms with E-state index in [4.69, 9.17) is 19.4 Å². The van der Waals surface area contributed by atoms with Crippen molar-refractivity contribution in [3.05, 3.63) is 58.7 Å². The molecule has 0 spiro atoms. The fourth-order valence-electron chi connectivity index (χ4n) is 4.49. The van der Waals surface area contributed by atoms with Crippen molar-refractivity contribution in [1.29, 1.82) is 0 Å². The van der Waals surface area contributed by atoms with Crippen molar-refractivity contribution >= 4 is 22.4 Å². The van der Waals surface area contributed by atoms with E-state index in [1.807, 2.05) is 0 Å². The first kappa shape index (κ1) is 32.2. The van der Waals surface area contributed by atoms with Crippen LogP contribution in [0.5, 0.6) is 5.75 Å². The van der Waals surface area contributed by atoms with E-state index in [-0.39, 0.29) is 37.0 Å². The number of hydrogen-bond donors (Lipinski definition) is 1. The summed E-state index contributed by atoms with van der Waals surface area (Å²) in [6.07, 6.45) is 2.56. The molecule has 0 radical (unpaired) electrons. The fourth-order valence-corrected chi connectivity index (χ4v) is 6.04. The van der Waals surface area contributed by atoms with Gasteiger partial charge < -0.3 is 19.5 Å². The molecule has 0 aromatic heterocycles. The zero-order valence-corrected chi connectivity index (χ0v) is 24.4. The molecule has 2 aromatic rings. The van der Waals surface area contributed by atoms with Crippen LogP contribution >= 0.6 is 0 Å². The van der Waals surface area contributed by atoms with Gasteiger partial charge in [0.05, 0.1) is 18.6 Å². The Morgan fingerprint density at radius 2 is 1.59 bits per heavy atom. The van der Waals surface area contributed by atoms with Crippen molar-refractivity contribution in [2.75, 3.05) is 54.1 Å². The number of carboxylic acid groups (broad SMARTS) is 1. The topological polar surface area (TPSA) is 117 Å². The van der Waals surface area contributed by atoms with Gasteiger partial charge in [0.1, 0.15) is 12.4 Å². The van der Waals surface area contributed by atoms with Crippen molar-refractivity contribution in [2.45, 2.75) is 44.7 Å². The van der Waals surface area contributed by atoms with Gasteiger partial charge in [0.15, 0.2) is 0 Å². The molecule has 1 fully saturated rings. The molecule has 39 heavy (non-hydrogen) atoms. The van der Waals surface area contributed by atoms with Crippen LogP contribution in [0.15, 0.2) is 41.3 Å². The number of sulfonamides is 1. The molecule has 1 aliphatic rings. The Morgan fingerprint density at radius 1 is 1.05 bits per heavy atom. The van der Waals surface area contributed by atoms with Gasteiger partial charge >= 0.3 is 0 Å². The molecule has 1 saturated heterocycles. The van der Waals surface area contributed by atoms with Gasteiger partial charge in [0.25, 0.3) is 6.47 Å². The molecule has 2 aromatic carbocycles. The van der Waals surface area contributed by atoms with E-state index < -0.39 is 10.0 Å². The number of likely N-dealkylation sites (tertiary alicyclic amines) is 1. The predicted octanol–water partition coefficient (Wildman–Crippen LogP) is 2.90. The van der Waals surface area contributed by atoms with Gasteiger partial charge in [0, 0.05) is 33.7 Å². The van der Waals surface area contributed by atoms with Crippen LogP contribution in [-0.4, -0.2) is 94.1 Å². The van der Waals surface area contributed by atoms with Gasteiger partial charge in [-0.3, -0.25) is 14.5 Å². The largest absolute Gasteiger partial charge is 0.497 e. The Hall–Kier alpha value is -2.99. The molecule has 1 N–H and O–H groups in total. The number of carbonyl (C=O) groups is 2. The quantitative estimate of drug-likeness (QED) is 0.310. The first-order chi connectivity index (χ1) is 18.5.